The van der Waals surface area contributed by atoms with Crippen LogP contribution in [0.15, 0.2) is 0 Å². The highest BCUT2D eigenvalue weighted by atomic mass is 19.4. The Morgan fingerprint density at radius 1 is 1.33 bits per heavy atom. The van der Waals surface area contributed by atoms with Crippen LogP contribution in [0.25, 0.3) is 0 Å². The Bertz CT molecular complexity index is 174. The third-order valence-electron chi connectivity index (χ3n) is 1.16. The molecule has 5 heteroatoms. The number of hydrogen-bond donors (Lipinski definition) is 1. The fourth-order valence-corrected chi connectivity index (χ4v) is 1.02. The van der Waals surface area contributed by atoms with E-state index in [1.54, 1.807) is 0 Å². The first kappa shape index (κ1) is 11.3. The average Bonchev–Trinajstić information content (AvgIpc) is 1.48. The Kier molecular flexibility index (Phi) is 3.12. The maximum Gasteiger partial charge on any atom is 0.391 e. The zero-order valence-corrected chi connectivity index (χ0v) is 7.25. The Balaban J connectivity index is 4.13. The first-order valence-corrected chi connectivity index (χ1v) is 3.48. The summed E-state index contributed by atoms with van der Waals surface area (Å²) < 4.78 is 35.6. The van der Waals surface area contributed by atoms with E-state index >= 15 is 0 Å². The van der Waals surface area contributed by atoms with Crippen molar-refractivity contribution in [1.29, 1.82) is 0 Å². The van der Waals surface area contributed by atoms with Crippen molar-refractivity contribution in [2.45, 2.75) is 38.9 Å². The van der Waals surface area contributed by atoms with Crippen molar-refractivity contribution < 1.29 is 18.0 Å². The van der Waals surface area contributed by atoms with Crippen molar-refractivity contribution in [3.8, 4) is 0 Å². The first-order chi connectivity index (χ1) is 5.12. The number of rotatable bonds is 2. The second-order valence-electron chi connectivity index (χ2n) is 3.36. The van der Waals surface area contributed by atoms with E-state index in [4.69, 9.17) is 0 Å². The maximum atomic E-state index is 11.9. The number of halogens is 3. The predicted octanol–water partition coefficient (Wildman–Crippen LogP) is 1.85. The molecule has 0 heterocycles. The van der Waals surface area contributed by atoms with Crippen molar-refractivity contribution in [1.82, 2.24) is 5.32 Å². The molecule has 0 unspecified atom stereocenters. The molecule has 2 nitrogen and oxygen atoms in total. The summed E-state index contributed by atoms with van der Waals surface area (Å²) in [5.74, 6) is -0.454. The molecule has 0 bridgehead atoms. The van der Waals surface area contributed by atoms with Gasteiger partial charge in [-0.15, -0.1) is 0 Å². The van der Waals surface area contributed by atoms with Gasteiger partial charge >= 0.3 is 6.18 Å². The van der Waals surface area contributed by atoms with Crippen molar-refractivity contribution in [3.05, 3.63) is 0 Å². The van der Waals surface area contributed by atoms with Crippen LogP contribution in [0, 0.1) is 0 Å². The third kappa shape index (κ3) is 6.00. The molecule has 12 heavy (non-hydrogen) atoms. The molecule has 1 amide bonds. The second-order valence-corrected chi connectivity index (χ2v) is 3.36. The van der Waals surface area contributed by atoms with Gasteiger partial charge in [0.1, 0.15) is 0 Å². The molecule has 0 aliphatic heterocycles. The smallest absolute Gasteiger partial charge is 0.351 e. The fraction of sp³-hybridized carbons (Fsp3) is 0.857. The van der Waals surface area contributed by atoms with Crippen LogP contribution in [0.1, 0.15) is 27.2 Å². The summed E-state index contributed by atoms with van der Waals surface area (Å²) in [6, 6.07) is 0. The van der Waals surface area contributed by atoms with Crippen molar-refractivity contribution in [2.24, 2.45) is 0 Å². The number of amides is 1. The summed E-state index contributed by atoms with van der Waals surface area (Å²) in [7, 11) is 0. The van der Waals surface area contributed by atoms with Crippen LogP contribution in [0.4, 0.5) is 13.2 Å². The molecule has 0 spiro atoms. The molecule has 0 aromatic carbocycles. The average molecular weight is 183 g/mol. The molecule has 0 aromatic heterocycles. The molecular formula is C7H12F3NO. The van der Waals surface area contributed by atoms with Gasteiger partial charge < -0.3 is 5.32 Å². The van der Waals surface area contributed by atoms with Crippen LogP contribution in [-0.2, 0) is 4.79 Å². The molecule has 0 saturated heterocycles. The molecule has 0 aliphatic carbocycles. The lowest BCUT2D eigenvalue weighted by atomic mass is 10.0. The zero-order valence-electron chi connectivity index (χ0n) is 7.25. The highest BCUT2D eigenvalue weighted by Crippen LogP contribution is 2.26. The standard InChI is InChI=1S/C7H12F3NO/c1-5(12)11-6(2,3)4-7(8,9)10/h4H2,1-3H3,(H,11,12). The quantitative estimate of drug-likeness (QED) is 0.695. The summed E-state index contributed by atoms with van der Waals surface area (Å²) in [6.45, 7) is 3.86. The minimum atomic E-state index is -4.24. The maximum absolute atomic E-state index is 11.9. The molecule has 0 fully saturated rings. The normalized spacial score (nSPS) is 12.8. The van der Waals surface area contributed by atoms with Gasteiger partial charge in [-0.1, -0.05) is 0 Å². The lowest BCUT2D eigenvalue weighted by Gasteiger charge is -2.26. The van der Waals surface area contributed by atoms with Crippen molar-refractivity contribution in [3.63, 3.8) is 0 Å². The molecule has 0 rings (SSSR count). The minimum Gasteiger partial charge on any atom is -0.351 e. The minimum absolute atomic E-state index is 0.454. The molecule has 72 valence electrons. The largest absolute Gasteiger partial charge is 0.391 e. The van der Waals surface area contributed by atoms with E-state index in [-0.39, 0.29) is 0 Å². The summed E-state index contributed by atoms with van der Waals surface area (Å²) in [4.78, 5) is 10.5. The van der Waals surface area contributed by atoms with Crippen LogP contribution in [-0.4, -0.2) is 17.6 Å². The van der Waals surface area contributed by atoms with Gasteiger partial charge in [0.05, 0.1) is 6.42 Å². The number of carbonyl (C=O) groups is 1. The van der Waals surface area contributed by atoms with Gasteiger partial charge in [0.15, 0.2) is 0 Å². The number of nitrogens with one attached hydrogen (secondary N) is 1. The lowest BCUT2D eigenvalue weighted by Crippen LogP contribution is -2.45. The van der Waals surface area contributed by atoms with Gasteiger partial charge in [0.2, 0.25) is 5.91 Å². The molecule has 0 saturated carbocycles. The van der Waals surface area contributed by atoms with Crippen LogP contribution in [0.5, 0.6) is 0 Å². The summed E-state index contributed by atoms with van der Waals surface area (Å²) >= 11 is 0. The van der Waals surface area contributed by atoms with Crippen LogP contribution < -0.4 is 5.32 Å². The highest BCUT2D eigenvalue weighted by molar-refractivity contribution is 5.73. The van der Waals surface area contributed by atoms with E-state index in [0.29, 0.717) is 0 Å². The predicted molar refractivity (Wildman–Crippen MR) is 38.6 cm³/mol. The van der Waals surface area contributed by atoms with Gasteiger partial charge in [0.25, 0.3) is 0 Å². The Morgan fingerprint density at radius 3 is 2.00 bits per heavy atom. The van der Waals surface area contributed by atoms with Gasteiger partial charge in [-0.2, -0.15) is 13.2 Å². The van der Waals surface area contributed by atoms with Crippen LogP contribution in [0.3, 0.4) is 0 Å². The Labute approximate surface area is 69.1 Å². The lowest BCUT2D eigenvalue weighted by molar-refractivity contribution is -0.149. The van der Waals surface area contributed by atoms with Gasteiger partial charge in [-0.3, -0.25) is 4.79 Å². The van der Waals surface area contributed by atoms with Gasteiger partial charge in [0, 0.05) is 12.5 Å². The SMILES string of the molecule is CC(=O)NC(C)(C)CC(F)(F)F. The second kappa shape index (κ2) is 3.33. The molecule has 0 aliphatic rings. The van der Waals surface area contributed by atoms with E-state index in [1.165, 1.54) is 20.8 Å². The molecule has 0 atom stereocenters. The Morgan fingerprint density at radius 2 is 1.75 bits per heavy atom. The van der Waals surface area contributed by atoms with E-state index in [0.717, 1.165) is 0 Å². The molecule has 0 aromatic rings. The van der Waals surface area contributed by atoms with Gasteiger partial charge in [-0.05, 0) is 13.8 Å². The zero-order chi connectivity index (χ0) is 9.99. The van der Waals surface area contributed by atoms with E-state index in [9.17, 15) is 18.0 Å². The first-order valence-electron chi connectivity index (χ1n) is 3.48. The number of carbonyl (C=O) groups excluding carboxylic acids is 1. The number of hydrogen-bond acceptors (Lipinski definition) is 1. The molecular weight excluding hydrogens is 171 g/mol. The summed E-state index contributed by atoms with van der Waals surface area (Å²) in [5, 5.41) is 2.22. The summed E-state index contributed by atoms with van der Waals surface area (Å²) in [5.41, 5.74) is -1.22. The number of alkyl halides is 3. The molecule has 1 N–H and O–H groups in total. The van der Waals surface area contributed by atoms with Crippen molar-refractivity contribution >= 4 is 5.91 Å². The monoisotopic (exact) mass is 183 g/mol. The summed E-state index contributed by atoms with van der Waals surface area (Å²) in [6.07, 6.45) is -5.26. The Hall–Kier alpha value is -0.740. The van der Waals surface area contributed by atoms with E-state index < -0.39 is 24.0 Å². The van der Waals surface area contributed by atoms with Crippen LogP contribution >= 0.6 is 0 Å². The topological polar surface area (TPSA) is 29.1 Å². The molecule has 0 radical (unpaired) electrons. The third-order valence-corrected chi connectivity index (χ3v) is 1.16. The van der Waals surface area contributed by atoms with Crippen molar-refractivity contribution in [2.75, 3.05) is 0 Å². The van der Waals surface area contributed by atoms with Crippen LogP contribution in [0.2, 0.25) is 0 Å². The fourth-order valence-electron chi connectivity index (χ4n) is 1.02. The van der Waals surface area contributed by atoms with Gasteiger partial charge in [-0.25, -0.2) is 0 Å². The van der Waals surface area contributed by atoms with E-state index in [1.807, 2.05) is 0 Å². The van der Waals surface area contributed by atoms with E-state index in [2.05, 4.69) is 5.32 Å². The highest BCUT2D eigenvalue weighted by Gasteiger charge is 2.36.